The second-order valence-electron chi connectivity index (χ2n) is 6.21. The molecule has 0 aliphatic heterocycles. The van der Waals surface area contributed by atoms with Crippen LogP contribution < -0.4 is 15.6 Å². The molecule has 0 bridgehead atoms. The summed E-state index contributed by atoms with van der Waals surface area (Å²) in [4.78, 5) is 23.5. The Morgan fingerprint density at radius 2 is 1.74 bits per heavy atom. The molecule has 0 aromatic heterocycles. The summed E-state index contributed by atoms with van der Waals surface area (Å²) in [6.07, 6.45) is 0.237. The summed E-state index contributed by atoms with van der Waals surface area (Å²) in [5.74, 6) is -1.62. The maximum absolute atomic E-state index is 13.7. The van der Waals surface area contributed by atoms with Gasteiger partial charge in [-0.1, -0.05) is 32.0 Å². The molecule has 0 fully saturated rings. The maximum atomic E-state index is 13.7. The minimum absolute atomic E-state index is 0.0243. The van der Waals surface area contributed by atoms with Gasteiger partial charge in [-0.15, -0.1) is 0 Å². The van der Waals surface area contributed by atoms with E-state index in [9.17, 15) is 22.4 Å². The number of benzene rings is 2. The van der Waals surface area contributed by atoms with Crippen LogP contribution in [0.2, 0.25) is 0 Å². The number of hydrogen-bond acceptors (Lipinski definition) is 4. The third-order valence-corrected chi connectivity index (χ3v) is 4.80. The van der Waals surface area contributed by atoms with Crippen molar-refractivity contribution in [3.63, 3.8) is 0 Å². The minimum atomic E-state index is -4.10. The summed E-state index contributed by atoms with van der Waals surface area (Å²) in [5.41, 5.74) is 4.32. The van der Waals surface area contributed by atoms with Gasteiger partial charge in [0.25, 0.3) is 15.9 Å². The smallest absolute Gasteiger partial charge is 0.269 e. The molecule has 0 radical (unpaired) electrons. The number of sulfonamides is 1. The zero-order chi connectivity index (χ0) is 20.0. The van der Waals surface area contributed by atoms with Crippen molar-refractivity contribution in [3.05, 3.63) is 59.9 Å². The molecule has 0 saturated carbocycles. The van der Waals surface area contributed by atoms with E-state index in [2.05, 4.69) is 15.6 Å². The van der Waals surface area contributed by atoms with Gasteiger partial charge in [0.05, 0.1) is 10.6 Å². The number of carbonyl (C=O) groups is 2. The molecule has 0 aliphatic rings. The first-order valence-electron chi connectivity index (χ1n) is 8.15. The number of rotatable bonds is 6. The van der Waals surface area contributed by atoms with E-state index in [0.717, 1.165) is 12.1 Å². The fourth-order valence-electron chi connectivity index (χ4n) is 2.17. The van der Waals surface area contributed by atoms with E-state index in [-0.39, 0.29) is 34.4 Å². The topological polar surface area (TPSA) is 104 Å². The molecule has 0 heterocycles. The lowest BCUT2D eigenvalue weighted by Gasteiger charge is -2.11. The molecule has 2 rings (SSSR count). The van der Waals surface area contributed by atoms with Crippen molar-refractivity contribution >= 4 is 27.5 Å². The molecule has 9 heteroatoms. The van der Waals surface area contributed by atoms with Crippen LogP contribution in [0.5, 0.6) is 0 Å². The van der Waals surface area contributed by atoms with Crippen molar-refractivity contribution in [1.82, 2.24) is 10.9 Å². The number of hydrogen-bond donors (Lipinski definition) is 3. The fraction of sp³-hybridized carbons (Fsp3) is 0.222. The van der Waals surface area contributed by atoms with Crippen molar-refractivity contribution in [2.45, 2.75) is 25.2 Å². The van der Waals surface area contributed by atoms with Gasteiger partial charge in [0.15, 0.2) is 0 Å². The first-order chi connectivity index (χ1) is 12.7. The van der Waals surface area contributed by atoms with Crippen LogP contribution >= 0.6 is 0 Å². The molecule has 27 heavy (non-hydrogen) atoms. The SMILES string of the molecule is CC(C)CC(=O)NNC(=O)c1cccc(S(=O)(=O)Nc2ccccc2F)c1. The number of hydrazine groups is 1. The lowest BCUT2D eigenvalue weighted by Crippen LogP contribution is -2.42. The van der Waals surface area contributed by atoms with Gasteiger partial charge in [-0.3, -0.25) is 25.2 Å². The average Bonchev–Trinajstić information content (AvgIpc) is 2.61. The number of carbonyl (C=O) groups excluding carboxylic acids is 2. The highest BCUT2D eigenvalue weighted by Gasteiger charge is 2.18. The maximum Gasteiger partial charge on any atom is 0.269 e. The second kappa shape index (κ2) is 8.63. The predicted octanol–water partition coefficient (Wildman–Crippen LogP) is 2.43. The van der Waals surface area contributed by atoms with Crippen LogP contribution in [0.25, 0.3) is 0 Å². The summed E-state index contributed by atoms with van der Waals surface area (Å²) < 4.78 is 40.7. The summed E-state index contributed by atoms with van der Waals surface area (Å²) in [7, 11) is -4.10. The Kier molecular flexibility index (Phi) is 6.51. The molecule has 0 atom stereocenters. The first kappa shape index (κ1) is 20.4. The Balaban J connectivity index is 2.13. The van der Waals surface area contributed by atoms with Crippen molar-refractivity contribution in [3.8, 4) is 0 Å². The van der Waals surface area contributed by atoms with Gasteiger partial charge in [0.2, 0.25) is 5.91 Å². The zero-order valence-electron chi connectivity index (χ0n) is 14.8. The normalized spacial score (nSPS) is 11.1. The van der Waals surface area contributed by atoms with Crippen LogP contribution in [0.1, 0.15) is 30.6 Å². The van der Waals surface area contributed by atoms with E-state index in [0.29, 0.717) is 0 Å². The summed E-state index contributed by atoms with van der Waals surface area (Å²) in [5, 5.41) is 0. The van der Waals surface area contributed by atoms with Crippen LogP contribution in [0.4, 0.5) is 10.1 Å². The largest absolute Gasteiger partial charge is 0.277 e. The van der Waals surface area contributed by atoms with Gasteiger partial charge >= 0.3 is 0 Å². The van der Waals surface area contributed by atoms with Gasteiger partial charge in [-0.05, 0) is 36.2 Å². The van der Waals surface area contributed by atoms with E-state index in [4.69, 9.17) is 0 Å². The van der Waals surface area contributed by atoms with E-state index in [1.807, 2.05) is 13.8 Å². The van der Waals surface area contributed by atoms with Gasteiger partial charge in [0.1, 0.15) is 5.82 Å². The lowest BCUT2D eigenvalue weighted by atomic mass is 10.1. The van der Waals surface area contributed by atoms with Crippen LogP contribution in [0.3, 0.4) is 0 Å². The third-order valence-electron chi connectivity index (χ3n) is 3.43. The number of nitrogens with one attached hydrogen (secondary N) is 3. The van der Waals surface area contributed by atoms with Crippen LogP contribution in [0.15, 0.2) is 53.4 Å². The van der Waals surface area contributed by atoms with E-state index >= 15 is 0 Å². The standard InChI is InChI=1S/C18H20FN3O4S/c1-12(2)10-17(23)20-21-18(24)13-6-5-7-14(11-13)27(25,26)22-16-9-4-3-8-15(16)19/h3-9,11-12,22H,10H2,1-2H3,(H,20,23)(H,21,24). The van der Waals surface area contributed by atoms with Crippen molar-refractivity contribution in [1.29, 1.82) is 0 Å². The monoisotopic (exact) mass is 393 g/mol. The molecule has 144 valence electrons. The highest BCUT2D eigenvalue weighted by Crippen LogP contribution is 2.19. The molecular formula is C18H20FN3O4S. The second-order valence-corrected chi connectivity index (χ2v) is 7.90. The molecule has 0 aliphatic carbocycles. The Bertz CT molecular complexity index is 945. The van der Waals surface area contributed by atoms with Gasteiger partial charge in [0, 0.05) is 12.0 Å². The lowest BCUT2D eigenvalue weighted by molar-refractivity contribution is -0.122. The summed E-state index contributed by atoms with van der Waals surface area (Å²) >= 11 is 0. The quantitative estimate of drug-likeness (QED) is 0.656. The molecule has 2 amide bonds. The zero-order valence-corrected chi connectivity index (χ0v) is 15.6. The van der Waals surface area contributed by atoms with Crippen LogP contribution in [0, 0.1) is 11.7 Å². The molecular weight excluding hydrogens is 373 g/mol. The highest BCUT2D eigenvalue weighted by molar-refractivity contribution is 7.92. The molecule has 0 unspecified atom stereocenters. The molecule has 2 aromatic carbocycles. The third kappa shape index (κ3) is 5.78. The Morgan fingerprint density at radius 1 is 1.04 bits per heavy atom. The van der Waals surface area contributed by atoms with Gasteiger partial charge in [-0.25, -0.2) is 12.8 Å². The first-order valence-corrected chi connectivity index (χ1v) is 9.64. The number of para-hydroxylation sites is 1. The number of amides is 2. The predicted molar refractivity (Wildman–Crippen MR) is 98.7 cm³/mol. The number of halogens is 1. The summed E-state index contributed by atoms with van der Waals surface area (Å²) in [6.45, 7) is 3.72. The summed E-state index contributed by atoms with van der Waals surface area (Å²) in [6, 6.07) is 10.5. The Hall–Kier alpha value is -2.94. The molecule has 0 saturated heterocycles. The highest BCUT2D eigenvalue weighted by atomic mass is 32.2. The minimum Gasteiger partial charge on any atom is -0.277 e. The van der Waals surface area contributed by atoms with Crippen molar-refractivity contribution in [2.75, 3.05) is 4.72 Å². The molecule has 0 spiro atoms. The van der Waals surface area contributed by atoms with Crippen molar-refractivity contribution < 1.29 is 22.4 Å². The molecule has 2 aromatic rings. The molecule has 7 nitrogen and oxygen atoms in total. The van der Waals surface area contributed by atoms with Gasteiger partial charge < -0.3 is 0 Å². The van der Waals surface area contributed by atoms with Crippen molar-refractivity contribution in [2.24, 2.45) is 5.92 Å². The van der Waals surface area contributed by atoms with E-state index in [1.54, 1.807) is 0 Å². The Labute approximate surface area is 157 Å². The average molecular weight is 393 g/mol. The van der Waals surface area contributed by atoms with E-state index in [1.165, 1.54) is 36.4 Å². The van der Waals surface area contributed by atoms with Crippen LogP contribution in [-0.4, -0.2) is 20.2 Å². The van der Waals surface area contributed by atoms with E-state index < -0.39 is 21.7 Å². The fourth-order valence-corrected chi connectivity index (χ4v) is 3.29. The molecule has 3 N–H and O–H groups in total. The number of anilines is 1. The van der Waals surface area contributed by atoms with Crippen LogP contribution in [-0.2, 0) is 14.8 Å². The van der Waals surface area contributed by atoms with Gasteiger partial charge in [-0.2, -0.15) is 0 Å². The Morgan fingerprint density at radius 3 is 2.41 bits per heavy atom.